The molecule has 0 spiro atoms. The van der Waals surface area contributed by atoms with Crippen LogP contribution in [0, 0.1) is 6.92 Å². The van der Waals surface area contributed by atoms with Crippen molar-refractivity contribution < 1.29 is 5.11 Å². The quantitative estimate of drug-likeness (QED) is 0.804. The fraction of sp³-hybridized carbons (Fsp3) is 0.750. The standard InChI is InChI=1S/C12H20N2O/c1-9-13-11(12(2,3)8-15)10-6-4-5-7-14(9)10/h15H,4-8H2,1-3H3. The molecule has 0 bridgehead atoms. The Morgan fingerprint density at radius 2 is 2.13 bits per heavy atom. The third-order valence-electron chi connectivity index (χ3n) is 3.35. The van der Waals surface area contributed by atoms with Gasteiger partial charge in [0.15, 0.2) is 0 Å². The Hall–Kier alpha value is -0.830. The van der Waals surface area contributed by atoms with Crippen LogP contribution in [-0.4, -0.2) is 21.3 Å². The number of aliphatic hydroxyl groups is 1. The van der Waals surface area contributed by atoms with Crippen LogP contribution in [-0.2, 0) is 18.4 Å². The number of nitrogens with zero attached hydrogens (tertiary/aromatic N) is 2. The Kier molecular flexibility index (Phi) is 2.59. The van der Waals surface area contributed by atoms with E-state index >= 15 is 0 Å². The predicted octanol–water partition coefficient (Wildman–Crippen LogP) is 1.80. The first-order chi connectivity index (χ1) is 7.06. The molecule has 84 valence electrons. The molecular weight excluding hydrogens is 188 g/mol. The third-order valence-corrected chi connectivity index (χ3v) is 3.35. The minimum atomic E-state index is -0.206. The van der Waals surface area contributed by atoms with Crippen LogP contribution in [0.1, 0.15) is 43.9 Å². The molecule has 1 aliphatic rings. The summed E-state index contributed by atoms with van der Waals surface area (Å²) in [6, 6.07) is 0. The van der Waals surface area contributed by atoms with Crippen LogP contribution >= 0.6 is 0 Å². The van der Waals surface area contributed by atoms with E-state index in [1.54, 1.807) is 0 Å². The first-order valence-corrected chi connectivity index (χ1v) is 5.73. The number of aliphatic hydroxyl groups excluding tert-OH is 1. The van der Waals surface area contributed by atoms with E-state index in [4.69, 9.17) is 0 Å². The van der Waals surface area contributed by atoms with E-state index in [0.717, 1.165) is 24.5 Å². The fourth-order valence-corrected chi connectivity index (χ4v) is 2.34. The number of hydrogen-bond acceptors (Lipinski definition) is 2. The molecule has 0 saturated heterocycles. The topological polar surface area (TPSA) is 38.1 Å². The number of rotatable bonds is 2. The summed E-state index contributed by atoms with van der Waals surface area (Å²) in [6.45, 7) is 7.44. The molecule has 0 aromatic carbocycles. The molecule has 0 fully saturated rings. The summed E-state index contributed by atoms with van der Waals surface area (Å²) in [5.41, 5.74) is 2.24. The molecule has 1 aromatic heterocycles. The third kappa shape index (κ3) is 1.69. The Morgan fingerprint density at radius 3 is 2.80 bits per heavy atom. The van der Waals surface area contributed by atoms with Crippen LogP contribution in [0.3, 0.4) is 0 Å². The maximum atomic E-state index is 9.41. The Bertz CT molecular complexity index is 366. The van der Waals surface area contributed by atoms with Gasteiger partial charge in [0.2, 0.25) is 0 Å². The number of fused-ring (bicyclic) bond motifs is 1. The van der Waals surface area contributed by atoms with Gasteiger partial charge in [-0.3, -0.25) is 0 Å². The number of imidazole rings is 1. The number of aromatic nitrogens is 2. The molecule has 3 heteroatoms. The lowest BCUT2D eigenvalue weighted by atomic mass is 9.87. The molecule has 15 heavy (non-hydrogen) atoms. The van der Waals surface area contributed by atoms with E-state index in [1.807, 2.05) is 0 Å². The Morgan fingerprint density at radius 1 is 1.40 bits per heavy atom. The van der Waals surface area contributed by atoms with Crippen molar-refractivity contribution in [3.05, 3.63) is 17.2 Å². The van der Waals surface area contributed by atoms with Gasteiger partial charge in [0, 0.05) is 17.7 Å². The van der Waals surface area contributed by atoms with Crippen LogP contribution in [0.4, 0.5) is 0 Å². The highest BCUT2D eigenvalue weighted by Crippen LogP contribution is 2.29. The lowest BCUT2D eigenvalue weighted by Gasteiger charge is -2.23. The smallest absolute Gasteiger partial charge is 0.106 e. The van der Waals surface area contributed by atoms with Gasteiger partial charge in [-0.05, 0) is 26.2 Å². The molecule has 0 saturated carbocycles. The van der Waals surface area contributed by atoms with Crippen molar-refractivity contribution in [2.24, 2.45) is 0 Å². The summed E-state index contributed by atoms with van der Waals surface area (Å²) in [6.07, 6.45) is 3.61. The molecule has 0 atom stereocenters. The van der Waals surface area contributed by atoms with Gasteiger partial charge in [0.1, 0.15) is 5.82 Å². The summed E-state index contributed by atoms with van der Waals surface area (Å²) in [4.78, 5) is 4.64. The van der Waals surface area contributed by atoms with Crippen LogP contribution in [0.2, 0.25) is 0 Å². The van der Waals surface area contributed by atoms with Crippen molar-refractivity contribution in [3.8, 4) is 0 Å². The molecule has 2 rings (SSSR count). The second-order valence-electron chi connectivity index (χ2n) is 5.11. The first kappa shape index (κ1) is 10.7. The van der Waals surface area contributed by atoms with Gasteiger partial charge in [-0.25, -0.2) is 4.98 Å². The highest BCUT2D eigenvalue weighted by Gasteiger charge is 2.29. The number of hydrogen-bond donors (Lipinski definition) is 1. The van der Waals surface area contributed by atoms with Gasteiger partial charge < -0.3 is 9.67 Å². The SMILES string of the molecule is Cc1nc(C(C)(C)CO)c2n1CCCC2. The second kappa shape index (κ2) is 3.63. The van der Waals surface area contributed by atoms with E-state index in [-0.39, 0.29) is 12.0 Å². The summed E-state index contributed by atoms with van der Waals surface area (Å²) in [7, 11) is 0. The molecule has 1 aliphatic heterocycles. The number of aryl methyl sites for hydroxylation is 1. The van der Waals surface area contributed by atoms with Crippen LogP contribution < -0.4 is 0 Å². The molecule has 1 N–H and O–H groups in total. The largest absolute Gasteiger partial charge is 0.395 e. The van der Waals surface area contributed by atoms with Gasteiger partial charge >= 0.3 is 0 Å². The van der Waals surface area contributed by atoms with E-state index in [2.05, 4.69) is 30.3 Å². The van der Waals surface area contributed by atoms with E-state index in [1.165, 1.54) is 18.5 Å². The van der Waals surface area contributed by atoms with E-state index in [0.29, 0.717) is 0 Å². The second-order valence-corrected chi connectivity index (χ2v) is 5.11. The fourth-order valence-electron chi connectivity index (χ4n) is 2.34. The average Bonchev–Trinajstić information content (AvgIpc) is 2.58. The zero-order valence-electron chi connectivity index (χ0n) is 9.88. The summed E-state index contributed by atoms with van der Waals surface area (Å²) in [5, 5.41) is 9.41. The molecule has 2 heterocycles. The zero-order chi connectivity index (χ0) is 11.1. The van der Waals surface area contributed by atoms with Crippen molar-refractivity contribution in [2.45, 2.75) is 52.0 Å². The molecule has 3 nitrogen and oxygen atoms in total. The maximum absolute atomic E-state index is 9.41. The minimum Gasteiger partial charge on any atom is -0.395 e. The zero-order valence-corrected chi connectivity index (χ0v) is 9.88. The average molecular weight is 208 g/mol. The van der Waals surface area contributed by atoms with Crippen molar-refractivity contribution in [1.82, 2.24) is 9.55 Å². The highest BCUT2D eigenvalue weighted by atomic mass is 16.3. The lowest BCUT2D eigenvalue weighted by Crippen LogP contribution is -2.25. The van der Waals surface area contributed by atoms with Crippen molar-refractivity contribution in [2.75, 3.05) is 6.61 Å². The van der Waals surface area contributed by atoms with Gasteiger partial charge in [0.05, 0.1) is 12.3 Å². The summed E-state index contributed by atoms with van der Waals surface area (Å²) in [5.74, 6) is 1.10. The van der Waals surface area contributed by atoms with Gasteiger partial charge in [0.25, 0.3) is 0 Å². The van der Waals surface area contributed by atoms with Crippen molar-refractivity contribution in [3.63, 3.8) is 0 Å². The predicted molar refractivity (Wildman–Crippen MR) is 60.0 cm³/mol. The minimum absolute atomic E-state index is 0.163. The van der Waals surface area contributed by atoms with E-state index < -0.39 is 0 Å². The summed E-state index contributed by atoms with van der Waals surface area (Å²) < 4.78 is 2.32. The van der Waals surface area contributed by atoms with Gasteiger partial charge in [-0.15, -0.1) is 0 Å². The molecule has 1 aromatic rings. The van der Waals surface area contributed by atoms with Crippen LogP contribution in [0.5, 0.6) is 0 Å². The molecular formula is C12H20N2O. The van der Waals surface area contributed by atoms with Crippen molar-refractivity contribution in [1.29, 1.82) is 0 Å². The molecule has 0 radical (unpaired) electrons. The normalized spacial score (nSPS) is 16.5. The molecule has 0 amide bonds. The summed E-state index contributed by atoms with van der Waals surface area (Å²) >= 11 is 0. The molecule has 0 aliphatic carbocycles. The first-order valence-electron chi connectivity index (χ1n) is 5.73. The van der Waals surface area contributed by atoms with Gasteiger partial charge in [-0.2, -0.15) is 0 Å². The van der Waals surface area contributed by atoms with Crippen LogP contribution in [0.25, 0.3) is 0 Å². The lowest BCUT2D eigenvalue weighted by molar-refractivity contribution is 0.214. The van der Waals surface area contributed by atoms with Crippen molar-refractivity contribution >= 4 is 0 Å². The monoisotopic (exact) mass is 208 g/mol. The van der Waals surface area contributed by atoms with E-state index in [9.17, 15) is 5.11 Å². The highest BCUT2D eigenvalue weighted by molar-refractivity contribution is 5.26. The molecule has 0 unspecified atom stereocenters. The van der Waals surface area contributed by atoms with Crippen LogP contribution in [0.15, 0.2) is 0 Å². The Balaban J connectivity index is 2.49. The van der Waals surface area contributed by atoms with Gasteiger partial charge in [-0.1, -0.05) is 13.8 Å². The maximum Gasteiger partial charge on any atom is 0.106 e. The Labute approximate surface area is 91.1 Å².